The fourth-order valence-corrected chi connectivity index (χ4v) is 6.96. The van der Waals surface area contributed by atoms with Crippen LogP contribution in [0.15, 0.2) is 24.3 Å². The largest absolute Gasteiger partial charge is 0.466 e. The average molecular weight is 789 g/mol. The lowest BCUT2D eigenvalue weighted by atomic mass is 10.1. The van der Waals surface area contributed by atoms with Crippen molar-refractivity contribution in [2.75, 3.05) is 13.2 Å². The number of allylic oxidation sites excluding steroid dienone is 4. The van der Waals surface area contributed by atoms with Crippen molar-refractivity contribution in [3.05, 3.63) is 24.3 Å². The highest BCUT2D eigenvalue weighted by Gasteiger charge is 2.04. The minimum Gasteiger partial charge on any atom is -0.466 e. The normalized spacial score (nSPS) is 11.4. The minimum atomic E-state index is 0.00573. The summed E-state index contributed by atoms with van der Waals surface area (Å²) in [5.41, 5.74) is 0. The number of ether oxygens (including phenoxy) is 2. The molecule has 4 nitrogen and oxygen atoms in total. The van der Waals surface area contributed by atoms with E-state index in [-0.39, 0.29) is 11.9 Å². The third kappa shape index (κ3) is 54.5. The van der Waals surface area contributed by atoms with Crippen molar-refractivity contribution in [2.45, 2.75) is 285 Å². The van der Waals surface area contributed by atoms with Crippen molar-refractivity contribution < 1.29 is 19.1 Å². The molecular formula is C52H100O4. The van der Waals surface area contributed by atoms with Crippen LogP contribution in [-0.2, 0) is 19.1 Å². The molecule has 0 rings (SSSR count). The second-order valence-electron chi connectivity index (χ2n) is 16.6. The summed E-state index contributed by atoms with van der Waals surface area (Å²) in [6.45, 7) is 10.3. The summed E-state index contributed by atoms with van der Waals surface area (Å²) in [6.07, 6.45) is 59.1. The van der Waals surface area contributed by atoms with Crippen molar-refractivity contribution >= 4 is 11.9 Å². The van der Waals surface area contributed by atoms with E-state index in [1.807, 2.05) is 0 Å². The molecule has 0 radical (unpaired) electrons. The van der Waals surface area contributed by atoms with E-state index in [1.54, 1.807) is 0 Å². The molecule has 0 aromatic rings. The van der Waals surface area contributed by atoms with E-state index in [1.165, 1.54) is 205 Å². The van der Waals surface area contributed by atoms with Crippen LogP contribution >= 0.6 is 0 Å². The third-order valence-electron chi connectivity index (χ3n) is 10.8. The SMILES string of the molecule is CCCCCCCCC=CCCCCCCCC(=O)OCCCCCCCC.CCCCCCCCC=CCCCCCCCC(=O)OCCCCCCCC. The molecule has 0 aromatic carbocycles. The smallest absolute Gasteiger partial charge is 0.305 e. The second-order valence-corrected chi connectivity index (χ2v) is 16.6. The number of hydrogen-bond acceptors (Lipinski definition) is 4. The lowest BCUT2D eigenvalue weighted by Crippen LogP contribution is -2.05. The Morgan fingerprint density at radius 2 is 0.500 bits per heavy atom. The van der Waals surface area contributed by atoms with Gasteiger partial charge in [-0.15, -0.1) is 0 Å². The lowest BCUT2D eigenvalue weighted by molar-refractivity contribution is -0.144. The molecule has 0 N–H and O–H groups in total. The van der Waals surface area contributed by atoms with Gasteiger partial charge in [0, 0.05) is 12.8 Å². The summed E-state index contributed by atoms with van der Waals surface area (Å²) in [5.74, 6) is 0.0115. The Bertz CT molecular complexity index is 737. The summed E-state index contributed by atoms with van der Waals surface area (Å²) in [6, 6.07) is 0. The molecule has 0 aliphatic rings. The predicted octanol–water partition coefficient (Wildman–Crippen LogP) is 17.9. The van der Waals surface area contributed by atoms with Crippen molar-refractivity contribution in [2.24, 2.45) is 0 Å². The molecule has 0 bridgehead atoms. The fourth-order valence-electron chi connectivity index (χ4n) is 6.96. The molecule has 0 saturated carbocycles. The maximum Gasteiger partial charge on any atom is 0.305 e. The van der Waals surface area contributed by atoms with Crippen LogP contribution in [0.5, 0.6) is 0 Å². The Hall–Kier alpha value is -1.58. The molecule has 0 aliphatic heterocycles. The summed E-state index contributed by atoms with van der Waals surface area (Å²) in [5, 5.41) is 0. The van der Waals surface area contributed by atoms with Crippen LogP contribution in [-0.4, -0.2) is 25.2 Å². The van der Waals surface area contributed by atoms with Gasteiger partial charge in [0.05, 0.1) is 13.2 Å². The van der Waals surface area contributed by atoms with Crippen LogP contribution in [0.2, 0.25) is 0 Å². The van der Waals surface area contributed by atoms with Crippen LogP contribution < -0.4 is 0 Å². The Morgan fingerprint density at radius 3 is 0.768 bits per heavy atom. The van der Waals surface area contributed by atoms with E-state index < -0.39 is 0 Å². The van der Waals surface area contributed by atoms with Gasteiger partial charge in [0.1, 0.15) is 0 Å². The van der Waals surface area contributed by atoms with Gasteiger partial charge in [-0.25, -0.2) is 0 Å². The molecule has 0 unspecified atom stereocenters. The van der Waals surface area contributed by atoms with E-state index in [4.69, 9.17) is 9.47 Å². The maximum absolute atomic E-state index is 11.7. The Kier molecular flexibility index (Phi) is 53.9. The van der Waals surface area contributed by atoms with Gasteiger partial charge in [0.15, 0.2) is 0 Å². The molecule has 0 heterocycles. The van der Waals surface area contributed by atoms with Gasteiger partial charge in [-0.2, -0.15) is 0 Å². The Morgan fingerprint density at radius 1 is 0.286 bits per heavy atom. The zero-order valence-electron chi connectivity index (χ0n) is 38.6. The van der Waals surface area contributed by atoms with Crippen molar-refractivity contribution in [3.8, 4) is 0 Å². The molecular weight excluding hydrogens is 689 g/mol. The van der Waals surface area contributed by atoms with Crippen LogP contribution in [0.1, 0.15) is 285 Å². The maximum atomic E-state index is 11.7. The molecule has 0 aliphatic carbocycles. The topological polar surface area (TPSA) is 52.6 Å². The van der Waals surface area contributed by atoms with E-state index >= 15 is 0 Å². The van der Waals surface area contributed by atoms with Crippen molar-refractivity contribution in [1.82, 2.24) is 0 Å². The highest BCUT2D eigenvalue weighted by molar-refractivity contribution is 5.69. The first-order valence-electron chi connectivity index (χ1n) is 25.2. The average Bonchev–Trinajstić information content (AvgIpc) is 3.20. The zero-order valence-corrected chi connectivity index (χ0v) is 38.6. The fraction of sp³-hybridized carbons (Fsp3) is 0.885. The Labute approximate surface area is 352 Å². The summed E-state index contributed by atoms with van der Waals surface area (Å²) in [4.78, 5) is 23.4. The summed E-state index contributed by atoms with van der Waals surface area (Å²) < 4.78 is 10.6. The highest BCUT2D eigenvalue weighted by Crippen LogP contribution is 2.13. The van der Waals surface area contributed by atoms with E-state index in [9.17, 15) is 9.59 Å². The van der Waals surface area contributed by atoms with Crippen molar-refractivity contribution in [3.63, 3.8) is 0 Å². The van der Waals surface area contributed by atoms with Gasteiger partial charge in [0.25, 0.3) is 0 Å². The molecule has 0 spiro atoms. The predicted molar refractivity (Wildman–Crippen MR) is 248 cm³/mol. The highest BCUT2D eigenvalue weighted by atomic mass is 16.5. The summed E-state index contributed by atoms with van der Waals surface area (Å²) in [7, 11) is 0. The van der Waals surface area contributed by atoms with Crippen LogP contribution in [0.4, 0.5) is 0 Å². The standard InChI is InChI=1S/2C26H50O2/c2*1-3-5-7-9-11-12-13-14-15-16-17-18-19-20-22-24-26(27)28-25-23-21-10-8-6-4-2/h2*14-15H,3-13,16-25H2,1-2H3. The van der Waals surface area contributed by atoms with Gasteiger partial charge in [-0.05, 0) is 77.0 Å². The molecule has 0 atom stereocenters. The minimum absolute atomic E-state index is 0.00573. The number of unbranched alkanes of at least 4 members (excludes halogenated alkanes) is 32. The van der Waals surface area contributed by atoms with E-state index in [2.05, 4.69) is 52.0 Å². The molecule has 0 aromatic heterocycles. The Balaban J connectivity index is 0. The van der Waals surface area contributed by atoms with E-state index in [0.29, 0.717) is 26.1 Å². The number of carbonyl (C=O) groups is 2. The van der Waals surface area contributed by atoms with Gasteiger partial charge >= 0.3 is 11.9 Å². The van der Waals surface area contributed by atoms with Gasteiger partial charge < -0.3 is 9.47 Å². The monoisotopic (exact) mass is 789 g/mol. The van der Waals surface area contributed by atoms with Gasteiger partial charge in [-0.1, -0.05) is 219 Å². The third-order valence-corrected chi connectivity index (χ3v) is 10.8. The zero-order chi connectivity index (χ0) is 41.1. The molecule has 332 valence electrons. The first-order valence-corrected chi connectivity index (χ1v) is 25.2. The molecule has 0 fully saturated rings. The van der Waals surface area contributed by atoms with E-state index in [0.717, 1.165) is 38.5 Å². The number of carbonyl (C=O) groups excluding carboxylic acids is 2. The van der Waals surface area contributed by atoms with Gasteiger partial charge in [0.2, 0.25) is 0 Å². The molecule has 56 heavy (non-hydrogen) atoms. The quantitative estimate of drug-likeness (QED) is 0.0350. The van der Waals surface area contributed by atoms with Crippen molar-refractivity contribution in [1.29, 1.82) is 0 Å². The second kappa shape index (κ2) is 53.4. The number of rotatable bonds is 44. The lowest BCUT2D eigenvalue weighted by Gasteiger charge is -2.05. The first-order chi connectivity index (χ1) is 27.6. The molecule has 0 amide bonds. The number of esters is 2. The van der Waals surface area contributed by atoms with Crippen LogP contribution in [0.3, 0.4) is 0 Å². The van der Waals surface area contributed by atoms with Gasteiger partial charge in [-0.3, -0.25) is 9.59 Å². The number of hydrogen-bond donors (Lipinski definition) is 0. The van der Waals surface area contributed by atoms with Crippen LogP contribution in [0.25, 0.3) is 0 Å². The first kappa shape index (κ1) is 56.5. The molecule has 0 saturated heterocycles. The molecule has 4 heteroatoms. The van der Waals surface area contributed by atoms with Crippen LogP contribution in [0, 0.1) is 0 Å². The summed E-state index contributed by atoms with van der Waals surface area (Å²) >= 11 is 0.